The summed E-state index contributed by atoms with van der Waals surface area (Å²) in [6.45, 7) is 17.9. The third-order valence-corrected chi connectivity index (χ3v) is 12.3. The van der Waals surface area contributed by atoms with Crippen molar-refractivity contribution in [3.05, 3.63) is 12.2 Å². The molecule has 0 unspecified atom stereocenters. The highest BCUT2D eigenvalue weighted by molar-refractivity contribution is 5.88. The van der Waals surface area contributed by atoms with Gasteiger partial charge in [-0.05, 0) is 124 Å². The zero-order valence-electron chi connectivity index (χ0n) is 26.6. The average Bonchev–Trinajstić information content (AvgIpc) is 3.23. The predicted octanol–water partition coefficient (Wildman–Crippen LogP) is 8.15. The number of hydrogen-bond acceptors (Lipinski definition) is 4. The molecule has 4 aliphatic rings. The summed E-state index contributed by atoms with van der Waals surface area (Å²) in [4.78, 5) is 14.1. The number of ether oxygens (including phenoxy) is 2. The summed E-state index contributed by atoms with van der Waals surface area (Å²) in [5.41, 5.74) is 1.57. The van der Waals surface area contributed by atoms with E-state index in [-0.39, 0.29) is 5.97 Å². The Morgan fingerprint density at radius 3 is 2.36 bits per heavy atom. The van der Waals surface area contributed by atoms with Crippen molar-refractivity contribution in [2.75, 3.05) is 33.9 Å². The van der Waals surface area contributed by atoms with Crippen LogP contribution in [0.2, 0.25) is 0 Å². The smallest absolute Gasteiger partial charge is 0.334 e. The summed E-state index contributed by atoms with van der Waals surface area (Å²) in [6, 6.07) is 0. The number of nitrogens with zero attached hydrogens (tertiary/aromatic N) is 1. The van der Waals surface area contributed by atoms with E-state index >= 15 is 0 Å². The van der Waals surface area contributed by atoms with E-state index < -0.39 is 0 Å². The average molecular weight is 544 g/mol. The summed E-state index contributed by atoms with van der Waals surface area (Å²) in [5, 5.41) is 0. The molecule has 0 aromatic heterocycles. The monoisotopic (exact) mass is 543 g/mol. The molecule has 4 nitrogen and oxygen atoms in total. The fourth-order valence-electron chi connectivity index (χ4n) is 10.3. The first-order valence-electron chi connectivity index (χ1n) is 16.6. The molecular formula is C35H61NO3. The van der Waals surface area contributed by atoms with Crippen molar-refractivity contribution in [2.24, 2.45) is 52.3 Å². The quantitative estimate of drug-likeness (QED) is 0.141. The largest absolute Gasteiger partial charge is 0.460 e. The Morgan fingerprint density at radius 1 is 0.923 bits per heavy atom. The maximum atomic E-state index is 12.1. The molecule has 0 amide bonds. The molecule has 39 heavy (non-hydrogen) atoms. The fraction of sp³-hybridized carbons (Fsp3) is 0.914. The zero-order chi connectivity index (χ0) is 28.4. The molecule has 0 aliphatic heterocycles. The molecule has 4 saturated carbocycles. The highest BCUT2D eigenvalue weighted by Gasteiger charge is 2.60. The molecule has 0 aromatic rings. The molecule has 4 rings (SSSR count). The van der Waals surface area contributed by atoms with Gasteiger partial charge in [0, 0.05) is 12.1 Å². The standard InChI is InChI=1S/C35H61NO3/c1-24(2)10-9-11-25(3)30-14-15-31-29-13-12-27-22-28(38-20-21-39-33(37)26(4)23-36(7)8)16-18-34(27,5)32(29)17-19-35(30,31)6/h24-25,27-32H,4,9-23H2,1-3,5-8H3/t25-,27-,28+,29+,30-,31-,32-,34+,35-/m1/s1. The SMILES string of the molecule is C=C(CN(C)C)C(=O)OCCO[C@H]1CC[C@@]2(C)[C@H](CC[C@H]3[C@H]4CC[C@H]([C@H](C)CCCC(C)C)[C@@]4(C)CC[C@H]32)C1. The predicted molar refractivity (Wildman–Crippen MR) is 161 cm³/mol. The van der Waals surface area contributed by atoms with Crippen LogP contribution in [0.3, 0.4) is 0 Å². The van der Waals surface area contributed by atoms with Gasteiger partial charge in [0.1, 0.15) is 6.61 Å². The molecule has 4 heteroatoms. The van der Waals surface area contributed by atoms with E-state index in [0.29, 0.717) is 42.3 Å². The van der Waals surface area contributed by atoms with Gasteiger partial charge < -0.3 is 14.4 Å². The molecule has 0 saturated heterocycles. The zero-order valence-corrected chi connectivity index (χ0v) is 26.6. The van der Waals surface area contributed by atoms with Crippen LogP contribution >= 0.6 is 0 Å². The van der Waals surface area contributed by atoms with Crippen molar-refractivity contribution >= 4 is 5.97 Å². The molecule has 9 atom stereocenters. The minimum Gasteiger partial charge on any atom is -0.460 e. The second kappa shape index (κ2) is 13.0. The topological polar surface area (TPSA) is 38.8 Å². The highest BCUT2D eigenvalue weighted by atomic mass is 16.6. The molecule has 0 radical (unpaired) electrons. The lowest BCUT2D eigenvalue weighted by Crippen LogP contribution is -2.54. The lowest BCUT2D eigenvalue weighted by Gasteiger charge is -2.61. The first kappa shape index (κ1) is 31.1. The van der Waals surface area contributed by atoms with E-state index in [9.17, 15) is 4.79 Å². The molecule has 4 fully saturated rings. The van der Waals surface area contributed by atoms with Gasteiger partial charge in [0.25, 0.3) is 0 Å². The molecule has 0 aromatic carbocycles. The number of fused-ring (bicyclic) bond motifs is 5. The first-order chi connectivity index (χ1) is 18.5. The van der Waals surface area contributed by atoms with Crippen molar-refractivity contribution in [1.29, 1.82) is 0 Å². The van der Waals surface area contributed by atoms with E-state index in [0.717, 1.165) is 47.8 Å². The second-order valence-corrected chi connectivity index (χ2v) is 15.4. The number of carbonyl (C=O) groups is 1. The summed E-state index contributed by atoms with van der Waals surface area (Å²) in [6.07, 6.45) is 16.9. The van der Waals surface area contributed by atoms with Crippen LogP contribution in [0.4, 0.5) is 0 Å². The van der Waals surface area contributed by atoms with Crippen LogP contribution in [0.15, 0.2) is 12.2 Å². The maximum absolute atomic E-state index is 12.1. The van der Waals surface area contributed by atoms with E-state index in [2.05, 4.69) is 41.2 Å². The third-order valence-electron chi connectivity index (χ3n) is 12.3. The van der Waals surface area contributed by atoms with Crippen LogP contribution in [0, 0.1) is 52.3 Å². The van der Waals surface area contributed by atoms with Crippen LogP contribution in [-0.4, -0.2) is 50.8 Å². The van der Waals surface area contributed by atoms with Crippen LogP contribution in [0.25, 0.3) is 0 Å². The molecule has 0 heterocycles. The van der Waals surface area contributed by atoms with Gasteiger partial charge in [-0.1, -0.05) is 60.5 Å². The van der Waals surface area contributed by atoms with Crippen LogP contribution in [0.5, 0.6) is 0 Å². The number of esters is 1. The van der Waals surface area contributed by atoms with Gasteiger partial charge in [0.15, 0.2) is 0 Å². The summed E-state index contributed by atoms with van der Waals surface area (Å²) < 4.78 is 11.7. The Hall–Kier alpha value is -0.870. The van der Waals surface area contributed by atoms with E-state index in [4.69, 9.17) is 9.47 Å². The Balaban J connectivity index is 1.27. The Bertz CT molecular complexity index is 838. The summed E-state index contributed by atoms with van der Waals surface area (Å²) >= 11 is 0. The van der Waals surface area contributed by atoms with Gasteiger partial charge in [-0.3, -0.25) is 0 Å². The Kier molecular flexibility index (Phi) is 10.3. The molecule has 224 valence electrons. The minimum absolute atomic E-state index is 0.301. The lowest BCUT2D eigenvalue weighted by molar-refractivity contribution is -0.147. The molecule has 4 aliphatic carbocycles. The number of carbonyl (C=O) groups excluding carboxylic acids is 1. The van der Waals surface area contributed by atoms with Crippen molar-refractivity contribution in [3.8, 4) is 0 Å². The van der Waals surface area contributed by atoms with E-state index in [1.54, 1.807) is 0 Å². The van der Waals surface area contributed by atoms with E-state index in [1.807, 2.05) is 19.0 Å². The van der Waals surface area contributed by atoms with Crippen LogP contribution in [0.1, 0.15) is 112 Å². The molecular weight excluding hydrogens is 482 g/mol. The minimum atomic E-state index is -0.301. The number of likely N-dealkylation sites (N-methyl/N-ethyl adjacent to an activating group) is 1. The normalized spacial score (nSPS) is 38.7. The van der Waals surface area contributed by atoms with Crippen molar-refractivity contribution in [1.82, 2.24) is 4.90 Å². The van der Waals surface area contributed by atoms with Crippen molar-refractivity contribution in [2.45, 2.75) is 118 Å². The second-order valence-electron chi connectivity index (χ2n) is 15.4. The number of hydrogen-bond donors (Lipinski definition) is 0. The molecule has 0 spiro atoms. The summed E-state index contributed by atoms with van der Waals surface area (Å²) in [7, 11) is 3.86. The lowest BCUT2D eigenvalue weighted by atomic mass is 9.44. The third kappa shape index (κ3) is 6.79. The van der Waals surface area contributed by atoms with Crippen LogP contribution in [-0.2, 0) is 14.3 Å². The number of rotatable bonds is 12. The van der Waals surface area contributed by atoms with Crippen molar-refractivity contribution < 1.29 is 14.3 Å². The maximum Gasteiger partial charge on any atom is 0.334 e. The Labute approximate surface area is 241 Å². The van der Waals surface area contributed by atoms with Gasteiger partial charge in [0.2, 0.25) is 0 Å². The first-order valence-corrected chi connectivity index (χ1v) is 16.6. The molecule has 0 N–H and O–H groups in total. The fourth-order valence-corrected chi connectivity index (χ4v) is 10.3. The Morgan fingerprint density at radius 2 is 1.64 bits per heavy atom. The van der Waals surface area contributed by atoms with Crippen molar-refractivity contribution in [3.63, 3.8) is 0 Å². The molecule has 0 bridgehead atoms. The van der Waals surface area contributed by atoms with E-state index in [1.165, 1.54) is 70.6 Å². The van der Waals surface area contributed by atoms with Gasteiger partial charge in [-0.15, -0.1) is 0 Å². The highest BCUT2D eigenvalue weighted by Crippen LogP contribution is 2.68. The summed E-state index contributed by atoms with van der Waals surface area (Å²) in [5.74, 6) is 5.98. The van der Waals surface area contributed by atoms with Gasteiger partial charge >= 0.3 is 5.97 Å². The van der Waals surface area contributed by atoms with Crippen LogP contribution < -0.4 is 0 Å². The van der Waals surface area contributed by atoms with Gasteiger partial charge in [0.05, 0.1) is 12.7 Å². The van der Waals surface area contributed by atoms with Gasteiger partial charge in [-0.25, -0.2) is 4.79 Å². The van der Waals surface area contributed by atoms with Gasteiger partial charge in [-0.2, -0.15) is 0 Å².